The fraction of sp³-hybridized carbons (Fsp3) is 0.235. The minimum absolute atomic E-state index is 0.234. The standard InChI is InChI=1S/C17H15N3OS/c18-17-19-8-15-16(20-17)13(9-22-15)11-2-1-3-12(7-11)14(21)6-10-4-5-10/h1-3,7-10H,4-6H2,(H2,18,19,20). The fourth-order valence-electron chi connectivity index (χ4n) is 2.61. The van der Waals surface area contributed by atoms with Crippen molar-refractivity contribution in [3.63, 3.8) is 0 Å². The van der Waals surface area contributed by atoms with E-state index in [0.717, 1.165) is 26.9 Å². The first-order chi connectivity index (χ1) is 10.7. The molecule has 0 spiro atoms. The zero-order valence-electron chi connectivity index (χ0n) is 12.0. The molecule has 3 aromatic rings. The average Bonchev–Trinajstić information content (AvgIpc) is 3.24. The van der Waals surface area contributed by atoms with Crippen LogP contribution in [0.25, 0.3) is 21.3 Å². The lowest BCUT2D eigenvalue weighted by Crippen LogP contribution is -2.00. The van der Waals surface area contributed by atoms with Crippen LogP contribution in [0.3, 0.4) is 0 Å². The van der Waals surface area contributed by atoms with Crippen molar-refractivity contribution >= 4 is 33.3 Å². The van der Waals surface area contributed by atoms with Crippen molar-refractivity contribution in [3.8, 4) is 11.1 Å². The number of hydrogen-bond donors (Lipinski definition) is 1. The molecule has 1 aliphatic carbocycles. The van der Waals surface area contributed by atoms with E-state index in [9.17, 15) is 4.79 Å². The molecule has 22 heavy (non-hydrogen) atoms. The molecule has 4 rings (SSSR count). The van der Waals surface area contributed by atoms with Gasteiger partial charge in [-0.25, -0.2) is 9.97 Å². The minimum atomic E-state index is 0.234. The summed E-state index contributed by atoms with van der Waals surface area (Å²) in [5.74, 6) is 1.11. The lowest BCUT2D eigenvalue weighted by molar-refractivity contribution is 0.0976. The molecule has 0 saturated heterocycles. The molecule has 5 heteroatoms. The number of thiophene rings is 1. The van der Waals surface area contributed by atoms with Gasteiger partial charge in [-0.1, -0.05) is 18.2 Å². The van der Waals surface area contributed by atoms with Gasteiger partial charge >= 0.3 is 0 Å². The lowest BCUT2D eigenvalue weighted by atomic mass is 10.0. The monoisotopic (exact) mass is 309 g/mol. The zero-order chi connectivity index (χ0) is 15.1. The Morgan fingerprint density at radius 3 is 3.05 bits per heavy atom. The maximum atomic E-state index is 12.3. The van der Waals surface area contributed by atoms with E-state index in [1.807, 2.05) is 29.6 Å². The third-order valence-corrected chi connectivity index (χ3v) is 4.91. The molecule has 1 aliphatic rings. The highest BCUT2D eigenvalue weighted by molar-refractivity contribution is 7.17. The molecule has 110 valence electrons. The summed E-state index contributed by atoms with van der Waals surface area (Å²) in [5.41, 5.74) is 9.35. The second kappa shape index (κ2) is 5.18. The van der Waals surface area contributed by atoms with Gasteiger partial charge < -0.3 is 5.73 Å². The molecule has 0 aliphatic heterocycles. The van der Waals surface area contributed by atoms with Gasteiger partial charge in [0.2, 0.25) is 5.95 Å². The Kier molecular flexibility index (Phi) is 3.15. The van der Waals surface area contributed by atoms with Crippen LogP contribution in [-0.2, 0) is 0 Å². The zero-order valence-corrected chi connectivity index (χ0v) is 12.8. The van der Waals surface area contributed by atoms with Gasteiger partial charge in [0.15, 0.2) is 5.78 Å². The van der Waals surface area contributed by atoms with Crippen molar-refractivity contribution in [2.45, 2.75) is 19.3 Å². The molecular weight excluding hydrogens is 294 g/mol. The summed E-state index contributed by atoms with van der Waals surface area (Å²) in [5, 5.41) is 2.04. The van der Waals surface area contributed by atoms with Crippen LogP contribution in [0.15, 0.2) is 35.8 Å². The summed E-state index contributed by atoms with van der Waals surface area (Å²) < 4.78 is 0.999. The van der Waals surface area contributed by atoms with Crippen molar-refractivity contribution in [2.75, 3.05) is 5.73 Å². The molecule has 0 amide bonds. The van der Waals surface area contributed by atoms with Crippen LogP contribution in [0, 0.1) is 5.92 Å². The van der Waals surface area contributed by atoms with Gasteiger partial charge in [-0.15, -0.1) is 11.3 Å². The molecule has 0 radical (unpaired) electrons. The largest absolute Gasteiger partial charge is 0.368 e. The number of nitrogens with zero attached hydrogens (tertiary/aromatic N) is 2. The second-order valence-electron chi connectivity index (χ2n) is 5.74. The van der Waals surface area contributed by atoms with Crippen LogP contribution in [0.1, 0.15) is 29.6 Å². The summed E-state index contributed by atoms with van der Waals surface area (Å²) in [6.07, 6.45) is 4.80. The maximum absolute atomic E-state index is 12.3. The number of nitrogens with two attached hydrogens (primary N) is 1. The van der Waals surface area contributed by atoms with E-state index in [4.69, 9.17) is 5.73 Å². The van der Waals surface area contributed by atoms with E-state index < -0.39 is 0 Å². The third-order valence-electron chi connectivity index (χ3n) is 4.00. The molecule has 1 saturated carbocycles. The van der Waals surface area contributed by atoms with E-state index in [1.165, 1.54) is 12.8 Å². The number of carbonyl (C=O) groups excluding carboxylic acids is 1. The van der Waals surface area contributed by atoms with E-state index in [-0.39, 0.29) is 11.7 Å². The number of fused-ring (bicyclic) bond motifs is 1. The summed E-state index contributed by atoms with van der Waals surface area (Å²) in [4.78, 5) is 20.7. The number of ketones is 1. The molecule has 2 heterocycles. The Morgan fingerprint density at radius 2 is 2.23 bits per heavy atom. The number of aromatic nitrogens is 2. The first-order valence-corrected chi connectivity index (χ1v) is 8.22. The highest BCUT2D eigenvalue weighted by atomic mass is 32.1. The van der Waals surface area contributed by atoms with Crippen molar-refractivity contribution in [2.24, 2.45) is 5.92 Å². The van der Waals surface area contributed by atoms with Crippen molar-refractivity contribution in [3.05, 3.63) is 41.4 Å². The first kappa shape index (κ1) is 13.4. The summed E-state index contributed by atoms with van der Waals surface area (Å²) in [6.45, 7) is 0. The molecule has 0 atom stereocenters. The smallest absolute Gasteiger partial charge is 0.220 e. The molecular formula is C17H15N3OS. The average molecular weight is 309 g/mol. The highest BCUT2D eigenvalue weighted by Crippen LogP contribution is 2.35. The predicted molar refractivity (Wildman–Crippen MR) is 88.9 cm³/mol. The molecule has 0 unspecified atom stereocenters. The molecule has 1 aromatic carbocycles. The fourth-order valence-corrected chi connectivity index (χ4v) is 3.48. The van der Waals surface area contributed by atoms with Crippen LogP contribution in [0.2, 0.25) is 0 Å². The molecule has 2 aromatic heterocycles. The number of Topliss-reactive ketones (excluding diaryl/α,β-unsaturated/α-hetero) is 1. The van der Waals surface area contributed by atoms with E-state index in [0.29, 0.717) is 12.3 Å². The second-order valence-corrected chi connectivity index (χ2v) is 6.65. The van der Waals surface area contributed by atoms with E-state index in [2.05, 4.69) is 9.97 Å². The van der Waals surface area contributed by atoms with Crippen LogP contribution < -0.4 is 5.73 Å². The van der Waals surface area contributed by atoms with Crippen molar-refractivity contribution in [1.82, 2.24) is 9.97 Å². The van der Waals surface area contributed by atoms with Crippen LogP contribution >= 0.6 is 11.3 Å². The Balaban J connectivity index is 1.74. The normalized spacial score (nSPS) is 14.4. The SMILES string of the molecule is Nc1ncc2scc(-c3cccc(C(=O)CC4CC4)c3)c2n1. The molecule has 4 nitrogen and oxygen atoms in total. The summed E-state index contributed by atoms with van der Waals surface area (Å²) in [7, 11) is 0. The van der Waals surface area contributed by atoms with Gasteiger partial charge in [0.05, 0.1) is 16.4 Å². The predicted octanol–water partition coefficient (Wildman–Crippen LogP) is 3.92. The van der Waals surface area contributed by atoms with Crippen molar-refractivity contribution < 1.29 is 4.79 Å². The topological polar surface area (TPSA) is 68.9 Å². The van der Waals surface area contributed by atoms with Crippen LogP contribution in [-0.4, -0.2) is 15.8 Å². The van der Waals surface area contributed by atoms with Gasteiger partial charge in [0.1, 0.15) is 0 Å². The molecule has 1 fully saturated rings. The Bertz CT molecular complexity index is 867. The van der Waals surface area contributed by atoms with Crippen molar-refractivity contribution in [1.29, 1.82) is 0 Å². The molecule has 2 N–H and O–H groups in total. The summed E-state index contributed by atoms with van der Waals surface area (Å²) in [6, 6.07) is 7.80. The van der Waals surface area contributed by atoms with E-state index >= 15 is 0 Å². The van der Waals surface area contributed by atoms with Gasteiger partial charge in [-0.2, -0.15) is 0 Å². The summed E-state index contributed by atoms with van der Waals surface area (Å²) >= 11 is 1.59. The van der Waals surface area contributed by atoms with Gasteiger partial charge in [0, 0.05) is 22.9 Å². The highest BCUT2D eigenvalue weighted by Gasteiger charge is 2.25. The van der Waals surface area contributed by atoms with Crippen LogP contribution in [0.4, 0.5) is 5.95 Å². The Labute approximate surface area is 132 Å². The number of rotatable bonds is 4. The van der Waals surface area contributed by atoms with Crippen LogP contribution in [0.5, 0.6) is 0 Å². The number of hydrogen-bond acceptors (Lipinski definition) is 5. The third kappa shape index (κ3) is 2.48. The van der Waals surface area contributed by atoms with E-state index in [1.54, 1.807) is 17.5 Å². The number of benzene rings is 1. The maximum Gasteiger partial charge on any atom is 0.220 e. The minimum Gasteiger partial charge on any atom is -0.368 e. The van der Waals surface area contributed by atoms with Gasteiger partial charge in [-0.05, 0) is 30.4 Å². The quantitative estimate of drug-likeness (QED) is 0.742. The number of carbonyl (C=O) groups is 1. The van der Waals surface area contributed by atoms with Gasteiger partial charge in [0.25, 0.3) is 0 Å². The first-order valence-electron chi connectivity index (χ1n) is 7.34. The number of anilines is 1. The Morgan fingerprint density at radius 1 is 1.36 bits per heavy atom. The molecule has 0 bridgehead atoms. The Hall–Kier alpha value is -2.27. The van der Waals surface area contributed by atoms with Gasteiger partial charge in [-0.3, -0.25) is 4.79 Å². The number of nitrogen functional groups attached to an aromatic ring is 1. The lowest BCUT2D eigenvalue weighted by Gasteiger charge is -2.04.